The lowest BCUT2D eigenvalue weighted by Crippen LogP contribution is -2.21. The summed E-state index contributed by atoms with van der Waals surface area (Å²) in [6.45, 7) is 5.35. The van der Waals surface area contributed by atoms with Gasteiger partial charge in [-0.25, -0.2) is 9.97 Å². The molecule has 17 heavy (non-hydrogen) atoms. The normalized spacial score (nSPS) is 14.1. The molecule has 1 heterocycles. The van der Waals surface area contributed by atoms with Gasteiger partial charge >= 0.3 is 0 Å². The molecule has 0 saturated heterocycles. The molecule has 0 aromatic carbocycles. The van der Waals surface area contributed by atoms with E-state index in [-0.39, 0.29) is 5.25 Å². The van der Waals surface area contributed by atoms with Gasteiger partial charge in [0, 0.05) is 35.4 Å². The summed E-state index contributed by atoms with van der Waals surface area (Å²) in [6.07, 6.45) is 3.20. The lowest BCUT2D eigenvalue weighted by atomic mass is 10.4. The maximum atomic E-state index is 11.2. The van der Waals surface area contributed by atoms with Crippen LogP contribution in [0.2, 0.25) is 0 Å². The molecule has 0 aliphatic carbocycles. The molecule has 96 valence electrons. The fourth-order valence-electron chi connectivity index (χ4n) is 1.14. The third kappa shape index (κ3) is 4.23. The Labute approximate surface area is 112 Å². The highest BCUT2D eigenvalue weighted by Crippen LogP contribution is 2.26. The molecule has 2 atom stereocenters. The maximum absolute atomic E-state index is 11.2. The highest BCUT2D eigenvalue weighted by atomic mass is 79.9. The number of aromatic nitrogens is 2. The van der Waals surface area contributed by atoms with Gasteiger partial charge in [0.2, 0.25) is 0 Å². The molecule has 0 aliphatic rings. The van der Waals surface area contributed by atoms with Gasteiger partial charge in [0.1, 0.15) is 22.4 Å². The van der Waals surface area contributed by atoms with Crippen LogP contribution in [0.1, 0.15) is 13.8 Å². The molecule has 0 fully saturated rings. The van der Waals surface area contributed by atoms with Crippen molar-refractivity contribution in [2.75, 3.05) is 30.0 Å². The third-order valence-corrected chi connectivity index (χ3v) is 4.31. The second-order valence-corrected chi connectivity index (χ2v) is 6.20. The monoisotopic (exact) mass is 320 g/mol. The SMILES string of the molecule is CCNc1ncnc(NCC(C)S(C)=O)c1Br. The van der Waals surface area contributed by atoms with Crippen LogP contribution in [0.25, 0.3) is 0 Å². The summed E-state index contributed by atoms with van der Waals surface area (Å²) in [6, 6.07) is 0. The summed E-state index contributed by atoms with van der Waals surface area (Å²) >= 11 is 3.44. The van der Waals surface area contributed by atoms with E-state index >= 15 is 0 Å². The molecule has 0 bridgehead atoms. The van der Waals surface area contributed by atoms with E-state index in [4.69, 9.17) is 0 Å². The Kier molecular flexibility index (Phi) is 5.84. The van der Waals surface area contributed by atoms with Crippen molar-refractivity contribution in [1.29, 1.82) is 0 Å². The Morgan fingerprint density at radius 2 is 2.00 bits per heavy atom. The molecule has 0 amide bonds. The molecule has 2 unspecified atom stereocenters. The molecule has 2 N–H and O–H groups in total. The zero-order chi connectivity index (χ0) is 12.8. The smallest absolute Gasteiger partial charge is 0.145 e. The van der Waals surface area contributed by atoms with Crippen LogP contribution in [0, 0.1) is 0 Å². The number of anilines is 2. The topological polar surface area (TPSA) is 66.9 Å². The van der Waals surface area contributed by atoms with Gasteiger partial charge in [-0.1, -0.05) is 0 Å². The number of halogens is 1. The average Bonchev–Trinajstić information content (AvgIpc) is 2.30. The molecule has 5 nitrogen and oxygen atoms in total. The van der Waals surface area contributed by atoms with E-state index in [1.165, 1.54) is 6.33 Å². The number of nitrogens with zero attached hydrogens (tertiary/aromatic N) is 2. The second-order valence-electron chi connectivity index (χ2n) is 3.61. The number of nitrogens with one attached hydrogen (secondary N) is 2. The van der Waals surface area contributed by atoms with Crippen molar-refractivity contribution in [1.82, 2.24) is 9.97 Å². The Morgan fingerprint density at radius 3 is 2.53 bits per heavy atom. The van der Waals surface area contributed by atoms with Crippen LogP contribution in [0.4, 0.5) is 11.6 Å². The van der Waals surface area contributed by atoms with Crippen molar-refractivity contribution in [3.8, 4) is 0 Å². The second kappa shape index (κ2) is 6.90. The van der Waals surface area contributed by atoms with Crippen LogP contribution < -0.4 is 10.6 Å². The summed E-state index contributed by atoms with van der Waals surface area (Å²) in [4.78, 5) is 8.27. The molecule has 0 radical (unpaired) electrons. The Bertz CT molecular complexity index is 402. The van der Waals surface area contributed by atoms with Crippen LogP contribution in [-0.4, -0.2) is 38.8 Å². The molecule has 1 aromatic rings. The summed E-state index contributed by atoms with van der Waals surface area (Å²) in [5, 5.41) is 6.37. The first-order valence-electron chi connectivity index (χ1n) is 5.36. The highest BCUT2D eigenvalue weighted by molar-refractivity contribution is 9.10. The van der Waals surface area contributed by atoms with Gasteiger partial charge in [0.15, 0.2) is 0 Å². The first-order valence-corrected chi connectivity index (χ1v) is 7.78. The van der Waals surface area contributed by atoms with Crippen molar-refractivity contribution in [3.05, 3.63) is 10.8 Å². The van der Waals surface area contributed by atoms with Crippen LogP contribution in [-0.2, 0) is 10.8 Å². The number of hydrogen-bond donors (Lipinski definition) is 2. The predicted molar refractivity (Wildman–Crippen MR) is 75.9 cm³/mol. The van der Waals surface area contributed by atoms with E-state index in [0.29, 0.717) is 12.4 Å². The zero-order valence-electron chi connectivity index (χ0n) is 10.2. The van der Waals surface area contributed by atoms with Gasteiger partial charge in [-0.15, -0.1) is 0 Å². The van der Waals surface area contributed by atoms with Crippen molar-refractivity contribution >= 4 is 38.4 Å². The molecule has 0 aliphatic heterocycles. The van der Waals surface area contributed by atoms with Gasteiger partial charge in [-0.3, -0.25) is 4.21 Å². The molecule has 1 aromatic heterocycles. The van der Waals surface area contributed by atoms with E-state index in [0.717, 1.165) is 16.8 Å². The molecular formula is C10H17BrN4OS. The summed E-state index contributed by atoms with van der Waals surface area (Å²) in [5.74, 6) is 1.48. The summed E-state index contributed by atoms with van der Waals surface area (Å²) < 4.78 is 12.0. The van der Waals surface area contributed by atoms with Gasteiger partial charge in [-0.2, -0.15) is 0 Å². The van der Waals surface area contributed by atoms with Crippen molar-refractivity contribution in [2.24, 2.45) is 0 Å². The fraction of sp³-hybridized carbons (Fsp3) is 0.600. The minimum absolute atomic E-state index is 0.0828. The Hall–Kier alpha value is -0.690. The first kappa shape index (κ1) is 14.4. The lowest BCUT2D eigenvalue weighted by molar-refractivity contribution is 0.678. The zero-order valence-corrected chi connectivity index (χ0v) is 12.6. The standard InChI is InChI=1S/C10H17BrN4OS/c1-4-12-9-8(11)10(15-6-14-9)13-5-7(2)17(3)16/h6-7H,4-5H2,1-3H3,(H2,12,13,14,15). The summed E-state index contributed by atoms with van der Waals surface area (Å²) in [5.41, 5.74) is 0. The predicted octanol–water partition coefficient (Wildman–Crippen LogP) is 1.85. The molecule has 0 saturated carbocycles. The van der Waals surface area contributed by atoms with Crippen LogP contribution in [0.5, 0.6) is 0 Å². The lowest BCUT2D eigenvalue weighted by Gasteiger charge is -2.13. The minimum atomic E-state index is -0.836. The average molecular weight is 321 g/mol. The molecule has 7 heteroatoms. The van der Waals surface area contributed by atoms with Gasteiger partial charge in [-0.05, 0) is 29.8 Å². The van der Waals surface area contributed by atoms with Crippen LogP contribution >= 0.6 is 15.9 Å². The Morgan fingerprint density at radius 1 is 1.41 bits per heavy atom. The Balaban J connectivity index is 2.71. The third-order valence-electron chi connectivity index (χ3n) is 2.26. The fourth-order valence-corrected chi connectivity index (χ4v) is 1.94. The molecule has 0 spiro atoms. The van der Waals surface area contributed by atoms with E-state index < -0.39 is 10.8 Å². The first-order chi connectivity index (χ1) is 8.06. The van der Waals surface area contributed by atoms with Crippen molar-refractivity contribution in [3.63, 3.8) is 0 Å². The van der Waals surface area contributed by atoms with E-state index in [1.807, 2.05) is 13.8 Å². The largest absolute Gasteiger partial charge is 0.369 e. The van der Waals surface area contributed by atoms with Crippen molar-refractivity contribution < 1.29 is 4.21 Å². The van der Waals surface area contributed by atoms with Crippen LogP contribution in [0.15, 0.2) is 10.8 Å². The van der Waals surface area contributed by atoms with Crippen LogP contribution in [0.3, 0.4) is 0 Å². The number of hydrogen-bond acceptors (Lipinski definition) is 5. The number of rotatable bonds is 6. The van der Waals surface area contributed by atoms with Crippen molar-refractivity contribution in [2.45, 2.75) is 19.1 Å². The molecule has 1 rings (SSSR count). The maximum Gasteiger partial charge on any atom is 0.145 e. The molecular weight excluding hydrogens is 304 g/mol. The van der Waals surface area contributed by atoms with E-state index in [9.17, 15) is 4.21 Å². The quantitative estimate of drug-likeness (QED) is 0.837. The van der Waals surface area contributed by atoms with E-state index in [1.54, 1.807) is 6.26 Å². The summed E-state index contributed by atoms with van der Waals surface area (Å²) in [7, 11) is -0.836. The van der Waals surface area contributed by atoms with Gasteiger partial charge in [0.25, 0.3) is 0 Å². The highest BCUT2D eigenvalue weighted by Gasteiger charge is 2.10. The van der Waals surface area contributed by atoms with Gasteiger partial charge < -0.3 is 10.6 Å². The minimum Gasteiger partial charge on any atom is -0.369 e. The van der Waals surface area contributed by atoms with E-state index in [2.05, 4.69) is 36.5 Å². The van der Waals surface area contributed by atoms with Gasteiger partial charge in [0.05, 0.1) is 0 Å².